The molecule has 6 nitrogen and oxygen atoms in total. The van der Waals surface area contributed by atoms with Gasteiger partial charge in [0.25, 0.3) is 0 Å². The van der Waals surface area contributed by atoms with Gasteiger partial charge in [-0.25, -0.2) is 9.37 Å². The van der Waals surface area contributed by atoms with Gasteiger partial charge in [0.2, 0.25) is 5.91 Å². The number of nitriles is 1. The number of benzene rings is 1. The zero-order chi connectivity index (χ0) is 19.9. The predicted octanol–water partition coefficient (Wildman–Crippen LogP) is 2.31. The summed E-state index contributed by atoms with van der Waals surface area (Å²) in [4.78, 5) is 21.1. The second kappa shape index (κ2) is 9.29. The van der Waals surface area contributed by atoms with Crippen molar-refractivity contribution in [2.75, 3.05) is 31.1 Å². The van der Waals surface area contributed by atoms with E-state index in [-0.39, 0.29) is 24.3 Å². The molecule has 1 amide bonds. The smallest absolute Gasteiger partial charge is 0.237 e. The monoisotopic (exact) mass is 381 g/mol. The van der Waals surface area contributed by atoms with Gasteiger partial charge in [0.15, 0.2) is 0 Å². The average molecular weight is 381 g/mol. The van der Waals surface area contributed by atoms with Crippen LogP contribution in [0.5, 0.6) is 0 Å². The quantitative estimate of drug-likeness (QED) is 0.861. The topological polar surface area (TPSA) is 72.3 Å². The average Bonchev–Trinajstić information content (AvgIpc) is 2.98. The van der Waals surface area contributed by atoms with E-state index in [0.29, 0.717) is 30.0 Å². The Kier molecular flexibility index (Phi) is 6.56. The van der Waals surface area contributed by atoms with Crippen molar-refractivity contribution in [2.24, 2.45) is 0 Å². The molecule has 0 bridgehead atoms. The summed E-state index contributed by atoms with van der Waals surface area (Å²) in [5, 5.41) is 12.1. The van der Waals surface area contributed by atoms with Crippen LogP contribution in [-0.4, -0.2) is 48.0 Å². The first-order valence-electron chi connectivity index (χ1n) is 9.45. The number of anilines is 1. The van der Waals surface area contributed by atoms with Crippen LogP contribution in [0.25, 0.3) is 0 Å². The fraction of sp³-hybridized carbons (Fsp3) is 0.381. The predicted molar refractivity (Wildman–Crippen MR) is 105 cm³/mol. The summed E-state index contributed by atoms with van der Waals surface area (Å²) in [5.41, 5.74) is 1.04. The number of nitrogens with one attached hydrogen (secondary N) is 1. The summed E-state index contributed by atoms with van der Waals surface area (Å²) in [5.74, 6) is 0.264. The van der Waals surface area contributed by atoms with Crippen LogP contribution in [-0.2, 0) is 11.3 Å². The second-order valence-electron chi connectivity index (χ2n) is 6.85. The number of rotatable bonds is 5. The Morgan fingerprint density at radius 1 is 1.25 bits per heavy atom. The highest BCUT2D eigenvalue weighted by Crippen LogP contribution is 2.19. The maximum absolute atomic E-state index is 13.7. The molecule has 1 aliphatic heterocycles. The summed E-state index contributed by atoms with van der Waals surface area (Å²) < 4.78 is 13.7. The van der Waals surface area contributed by atoms with Gasteiger partial charge in [0.1, 0.15) is 17.7 Å². The van der Waals surface area contributed by atoms with Crippen molar-refractivity contribution in [3.63, 3.8) is 0 Å². The van der Waals surface area contributed by atoms with Crippen LogP contribution in [0.3, 0.4) is 0 Å². The maximum atomic E-state index is 13.7. The van der Waals surface area contributed by atoms with Gasteiger partial charge in [-0.05, 0) is 31.5 Å². The first-order chi connectivity index (χ1) is 13.6. The Morgan fingerprint density at radius 3 is 2.86 bits per heavy atom. The first kappa shape index (κ1) is 19.8. The van der Waals surface area contributed by atoms with Crippen LogP contribution >= 0.6 is 0 Å². The van der Waals surface area contributed by atoms with Gasteiger partial charge in [-0.2, -0.15) is 5.26 Å². The van der Waals surface area contributed by atoms with Gasteiger partial charge in [-0.1, -0.05) is 18.2 Å². The number of halogens is 1. The van der Waals surface area contributed by atoms with E-state index in [1.54, 1.807) is 36.5 Å². The molecule has 1 unspecified atom stereocenters. The van der Waals surface area contributed by atoms with Gasteiger partial charge < -0.3 is 10.2 Å². The molecular formula is C21H24FN5O. The zero-order valence-electron chi connectivity index (χ0n) is 15.9. The van der Waals surface area contributed by atoms with Crippen molar-refractivity contribution >= 4 is 11.7 Å². The largest absolute Gasteiger partial charge is 0.354 e. The highest BCUT2D eigenvalue weighted by Gasteiger charge is 2.25. The summed E-state index contributed by atoms with van der Waals surface area (Å²) in [7, 11) is 0. The molecule has 1 saturated heterocycles. The van der Waals surface area contributed by atoms with Crippen LogP contribution in [0.2, 0.25) is 0 Å². The minimum absolute atomic E-state index is 0.118. The lowest BCUT2D eigenvalue weighted by Gasteiger charge is -2.27. The molecule has 146 valence electrons. The molecule has 0 radical (unpaired) electrons. The summed E-state index contributed by atoms with van der Waals surface area (Å²) in [6.07, 6.45) is 2.56. The molecule has 1 N–H and O–H groups in total. The summed E-state index contributed by atoms with van der Waals surface area (Å²) >= 11 is 0. The van der Waals surface area contributed by atoms with Gasteiger partial charge in [-0.3, -0.25) is 9.69 Å². The van der Waals surface area contributed by atoms with Gasteiger partial charge in [0.05, 0.1) is 11.6 Å². The standard InChI is InChI=1S/C21H24FN5O/c1-16(21(28)25-15-18-6-2-3-8-19(18)22)26-10-5-11-27(13-12-26)20-17(14-23)7-4-9-24-20/h2-4,6-9,16H,5,10-13,15H2,1H3,(H,25,28). The third-order valence-electron chi connectivity index (χ3n) is 5.08. The van der Waals surface area contributed by atoms with Crippen molar-refractivity contribution in [2.45, 2.75) is 25.9 Å². The van der Waals surface area contributed by atoms with E-state index in [1.165, 1.54) is 6.07 Å². The highest BCUT2D eigenvalue weighted by atomic mass is 19.1. The zero-order valence-corrected chi connectivity index (χ0v) is 15.9. The Morgan fingerprint density at radius 2 is 2.07 bits per heavy atom. The number of amides is 1. The maximum Gasteiger partial charge on any atom is 0.237 e. The number of nitrogens with zero attached hydrogens (tertiary/aromatic N) is 4. The molecule has 7 heteroatoms. The first-order valence-corrected chi connectivity index (χ1v) is 9.45. The van der Waals surface area contributed by atoms with Crippen LogP contribution in [0, 0.1) is 17.1 Å². The highest BCUT2D eigenvalue weighted by molar-refractivity contribution is 5.81. The van der Waals surface area contributed by atoms with E-state index in [9.17, 15) is 14.4 Å². The lowest BCUT2D eigenvalue weighted by Crippen LogP contribution is -2.46. The number of hydrogen-bond acceptors (Lipinski definition) is 5. The molecule has 1 aliphatic rings. The van der Waals surface area contributed by atoms with E-state index >= 15 is 0 Å². The Bertz CT molecular complexity index is 866. The minimum atomic E-state index is -0.315. The Balaban J connectivity index is 1.58. The van der Waals surface area contributed by atoms with Crippen LogP contribution < -0.4 is 10.2 Å². The molecule has 0 saturated carbocycles. The number of carbonyl (C=O) groups excluding carboxylic acids is 1. The molecule has 2 heterocycles. The SMILES string of the molecule is CC(C(=O)NCc1ccccc1F)N1CCCN(c2ncccc2C#N)CC1. The number of aromatic nitrogens is 1. The van der Waals surface area contributed by atoms with E-state index in [0.717, 1.165) is 19.5 Å². The van der Waals surface area contributed by atoms with E-state index in [2.05, 4.69) is 26.2 Å². The van der Waals surface area contributed by atoms with Gasteiger partial charge in [0, 0.05) is 44.5 Å². The van der Waals surface area contributed by atoms with Crippen molar-refractivity contribution in [1.29, 1.82) is 5.26 Å². The summed E-state index contributed by atoms with van der Waals surface area (Å²) in [6, 6.07) is 11.8. The fourth-order valence-electron chi connectivity index (χ4n) is 3.41. The number of carbonyl (C=O) groups is 1. The molecule has 1 atom stereocenters. The molecule has 1 fully saturated rings. The van der Waals surface area contributed by atoms with Crippen molar-refractivity contribution in [1.82, 2.24) is 15.2 Å². The normalized spacial score (nSPS) is 16.1. The van der Waals surface area contributed by atoms with Crippen LogP contribution in [0.15, 0.2) is 42.6 Å². The molecule has 0 aliphatic carbocycles. The van der Waals surface area contributed by atoms with E-state index < -0.39 is 0 Å². The lowest BCUT2D eigenvalue weighted by molar-refractivity contribution is -0.126. The van der Waals surface area contributed by atoms with Crippen molar-refractivity contribution in [3.8, 4) is 6.07 Å². The third kappa shape index (κ3) is 4.65. The third-order valence-corrected chi connectivity index (χ3v) is 5.08. The summed E-state index contributed by atoms with van der Waals surface area (Å²) in [6.45, 7) is 4.99. The van der Waals surface area contributed by atoms with Gasteiger partial charge >= 0.3 is 0 Å². The Hall–Kier alpha value is -2.98. The Labute approximate surface area is 164 Å². The van der Waals surface area contributed by atoms with Crippen LogP contribution in [0.4, 0.5) is 10.2 Å². The molecule has 1 aromatic heterocycles. The molecule has 3 rings (SSSR count). The minimum Gasteiger partial charge on any atom is -0.354 e. The van der Waals surface area contributed by atoms with E-state index in [4.69, 9.17) is 0 Å². The molecule has 28 heavy (non-hydrogen) atoms. The molecule has 1 aromatic carbocycles. The van der Waals surface area contributed by atoms with E-state index in [1.807, 2.05) is 6.92 Å². The number of hydrogen-bond donors (Lipinski definition) is 1. The van der Waals surface area contributed by atoms with Crippen molar-refractivity contribution < 1.29 is 9.18 Å². The molecule has 0 spiro atoms. The lowest BCUT2D eigenvalue weighted by atomic mass is 10.2. The fourth-order valence-corrected chi connectivity index (χ4v) is 3.41. The molecular weight excluding hydrogens is 357 g/mol. The van der Waals surface area contributed by atoms with Crippen molar-refractivity contribution in [3.05, 3.63) is 59.5 Å². The van der Waals surface area contributed by atoms with Crippen LogP contribution in [0.1, 0.15) is 24.5 Å². The molecule has 2 aromatic rings. The van der Waals surface area contributed by atoms with Gasteiger partial charge in [-0.15, -0.1) is 0 Å². The second-order valence-corrected chi connectivity index (χ2v) is 6.85. The number of pyridine rings is 1.